The van der Waals surface area contributed by atoms with Crippen molar-refractivity contribution in [3.05, 3.63) is 15.8 Å². The zero-order chi connectivity index (χ0) is 15.6. The molecule has 0 saturated carbocycles. The van der Waals surface area contributed by atoms with Gasteiger partial charge in [-0.2, -0.15) is 0 Å². The Hall–Kier alpha value is -0.960. The minimum atomic E-state index is -3.66. The van der Waals surface area contributed by atoms with E-state index in [0.29, 0.717) is 11.4 Å². The summed E-state index contributed by atoms with van der Waals surface area (Å²) in [7, 11) is -3.66. The third-order valence-electron chi connectivity index (χ3n) is 3.71. The van der Waals surface area contributed by atoms with Crippen molar-refractivity contribution in [3.63, 3.8) is 0 Å². The summed E-state index contributed by atoms with van der Waals surface area (Å²) in [5.74, 6) is -1.10. The Kier molecular flexibility index (Phi) is 5.03. The number of likely N-dealkylation sites (tertiary alicyclic amines) is 1. The molecular weight excluding hydrogens is 312 g/mol. The van der Waals surface area contributed by atoms with Crippen LogP contribution in [0.25, 0.3) is 0 Å². The van der Waals surface area contributed by atoms with E-state index >= 15 is 0 Å². The molecule has 0 amide bonds. The highest BCUT2D eigenvalue weighted by Crippen LogP contribution is 2.25. The highest BCUT2D eigenvalue weighted by atomic mass is 32.2. The molecule has 0 spiro atoms. The normalized spacial score (nSPS) is 18.0. The number of carboxylic acid groups (broad SMARTS) is 1. The predicted molar refractivity (Wildman–Crippen MR) is 81.5 cm³/mol. The monoisotopic (exact) mass is 332 g/mol. The molecule has 6 nitrogen and oxygen atoms in total. The molecule has 2 N–H and O–H groups in total. The van der Waals surface area contributed by atoms with E-state index < -0.39 is 16.0 Å². The molecule has 1 fully saturated rings. The van der Waals surface area contributed by atoms with Crippen molar-refractivity contribution in [2.24, 2.45) is 0 Å². The number of thiophene rings is 1. The number of carbonyl (C=O) groups is 1. The number of aryl methyl sites for hydroxylation is 1. The highest BCUT2D eigenvalue weighted by molar-refractivity contribution is 7.89. The summed E-state index contributed by atoms with van der Waals surface area (Å²) in [5, 5.41) is 8.94. The first kappa shape index (κ1) is 16.4. The summed E-state index contributed by atoms with van der Waals surface area (Å²) in [5.41, 5.74) is 0. The van der Waals surface area contributed by atoms with Crippen molar-refractivity contribution >= 4 is 27.3 Å². The van der Waals surface area contributed by atoms with E-state index in [2.05, 4.69) is 9.62 Å². The Morgan fingerprint density at radius 2 is 2.10 bits per heavy atom. The summed E-state index contributed by atoms with van der Waals surface area (Å²) in [6.07, 6.45) is 2.31. The quantitative estimate of drug-likeness (QED) is 0.825. The molecule has 1 aliphatic heterocycles. The maximum atomic E-state index is 12.3. The van der Waals surface area contributed by atoms with Gasteiger partial charge in [0.25, 0.3) is 0 Å². The average Bonchev–Trinajstić information content (AvgIpc) is 3.05. The van der Waals surface area contributed by atoms with Crippen molar-refractivity contribution in [2.75, 3.05) is 19.6 Å². The number of rotatable bonds is 6. The standard InChI is InChI=1S/C13H20N2O4S2/c1-9(15-5-3-4-6-15)8-14-21(18,19)12-7-11(13(16)17)20-10(12)2/h7,9,14H,3-6,8H2,1-2H3,(H,16,17). The van der Waals surface area contributed by atoms with Crippen LogP contribution in [0.1, 0.15) is 34.3 Å². The van der Waals surface area contributed by atoms with Crippen LogP contribution in [0.4, 0.5) is 0 Å². The molecule has 1 aliphatic rings. The molecule has 21 heavy (non-hydrogen) atoms. The van der Waals surface area contributed by atoms with Crippen LogP contribution >= 0.6 is 11.3 Å². The SMILES string of the molecule is Cc1sc(C(=O)O)cc1S(=O)(=O)NCC(C)N1CCCC1. The minimum absolute atomic E-state index is 0.0421. The Bertz CT molecular complexity index is 618. The van der Waals surface area contributed by atoms with Gasteiger partial charge in [0.2, 0.25) is 10.0 Å². The van der Waals surface area contributed by atoms with E-state index in [9.17, 15) is 13.2 Å². The molecule has 8 heteroatoms. The van der Waals surface area contributed by atoms with Crippen LogP contribution in [0.2, 0.25) is 0 Å². The molecule has 118 valence electrons. The van der Waals surface area contributed by atoms with Crippen molar-refractivity contribution in [1.82, 2.24) is 9.62 Å². The van der Waals surface area contributed by atoms with Gasteiger partial charge in [0, 0.05) is 17.5 Å². The summed E-state index contributed by atoms with van der Waals surface area (Å²) >= 11 is 0.980. The van der Waals surface area contributed by atoms with E-state index in [-0.39, 0.29) is 15.8 Å². The molecule has 0 radical (unpaired) electrons. The third-order valence-corrected chi connectivity index (χ3v) is 6.42. The molecule has 2 rings (SSSR count). The smallest absolute Gasteiger partial charge is 0.345 e. The van der Waals surface area contributed by atoms with Gasteiger partial charge < -0.3 is 5.11 Å². The summed E-state index contributed by atoms with van der Waals surface area (Å²) in [4.78, 5) is 13.8. The van der Waals surface area contributed by atoms with Gasteiger partial charge in [0.05, 0.1) is 4.90 Å². The lowest BCUT2D eigenvalue weighted by Gasteiger charge is -2.23. The van der Waals surface area contributed by atoms with Crippen molar-refractivity contribution in [1.29, 1.82) is 0 Å². The van der Waals surface area contributed by atoms with Gasteiger partial charge in [0.1, 0.15) is 4.88 Å². The largest absolute Gasteiger partial charge is 0.477 e. The molecule has 0 bridgehead atoms. The first-order valence-electron chi connectivity index (χ1n) is 6.88. The van der Waals surface area contributed by atoms with E-state index in [1.54, 1.807) is 6.92 Å². The van der Waals surface area contributed by atoms with E-state index in [4.69, 9.17) is 5.11 Å². The second-order valence-corrected chi connectivity index (χ2v) is 8.27. The second kappa shape index (κ2) is 6.43. The summed E-state index contributed by atoms with van der Waals surface area (Å²) < 4.78 is 27.2. The molecular formula is C13H20N2O4S2. The molecule has 1 saturated heterocycles. The maximum Gasteiger partial charge on any atom is 0.345 e. The first-order valence-corrected chi connectivity index (χ1v) is 9.18. The lowest BCUT2D eigenvalue weighted by molar-refractivity contribution is 0.0702. The van der Waals surface area contributed by atoms with Crippen LogP contribution < -0.4 is 4.72 Å². The van der Waals surface area contributed by atoms with Crippen LogP contribution in [0.5, 0.6) is 0 Å². The fourth-order valence-corrected chi connectivity index (χ4v) is 5.01. The number of sulfonamides is 1. The molecule has 1 unspecified atom stereocenters. The fraction of sp³-hybridized carbons (Fsp3) is 0.615. The van der Waals surface area contributed by atoms with Gasteiger partial charge in [-0.05, 0) is 45.8 Å². The predicted octanol–water partition coefficient (Wildman–Crippen LogP) is 1.52. The topological polar surface area (TPSA) is 86.7 Å². The van der Waals surface area contributed by atoms with Crippen molar-refractivity contribution in [3.8, 4) is 0 Å². The Labute approximate surface area is 128 Å². The van der Waals surface area contributed by atoms with E-state index in [1.807, 2.05) is 6.92 Å². The van der Waals surface area contributed by atoms with Crippen LogP contribution in [0, 0.1) is 6.92 Å². The molecule has 1 aromatic rings. The van der Waals surface area contributed by atoms with Crippen LogP contribution in [0.15, 0.2) is 11.0 Å². The number of hydrogen-bond donors (Lipinski definition) is 2. The zero-order valence-electron chi connectivity index (χ0n) is 12.1. The number of nitrogens with one attached hydrogen (secondary N) is 1. The summed E-state index contributed by atoms with van der Waals surface area (Å²) in [6.45, 7) is 5.96. The lowest BCUT2D eigenvalue weighted by atomic mass is 10.3. The fourth-order valence-electron chi connectivity index (χ4n) is 2.46. The molecule has 0 aliphatic carbocycles. The number of nitrogens with zero attached hydrogens (tertiary/aromatic N) is 1. The van der Waals surface area contributed by atoms with Gasteiger partial charge in [-0.3, -0.25) is 4.90 Å². The Morgan fingerprint density at radius 3 is 2.62 bits per heavy atom. The van der Waals surface area contributed by atoms with Gasteiger partial charge in [0.15, 0.2) is 0 Å². The number of hydrogen-bond acceptors (Lipinski definition) is 5. The van der Waals surface area contributed by atoms with Crippen LogP contribution in [-0.2, 0) is 10.0 Å². The Balaban J connectivity index is 2.06. The van der Waals surface area contributed by atoms with Crippen LogP contribution in [-0.4, -0.2) is 50.1 Å². The van der Waals surface area contributed by atoms with Gasteiger partial charge in [-0.1, -0.05) is 0 Å². The summed E-state index contributed by atoms with van der Waals surface area (Å²) in [6, 6.07) is 1.37. The van der Waals surface area contributed by atoms with Gasteiger partial charge in [-0.25, -0.2) is 17.9 Å². The van der Waals surface area contributed by atoms with E-state index in [1.165, 1.54) is 6.07 Å². The maximum absolute atomic E-state index is 12.3. The van der Waals surface area contributed by atoms with Gasteiger partial charge in [-0.15, -0.1) is 11.3 Å². The highest BCUT2D eigenvalue weighted by Gasteiger charge is 2.24. The number of aromatic carboxylic acids is 1. The molecule has 1 atom stereocenters. The Morgan fingerprint density at radius 1 is 1.48 bits per heavy atom. The second-order valence-electron chi connectivity index (χ2n) is 5.28. The van der Waals surface area contributed by atoms with Gasteiger partial charge >= 0.3 is 5.97 Å². The third kappa shape index (κ3) is 3.82. The molecule has 0 aromatic carbocycles. The zero-order valence-corrected chi connectivity index (χ0v) is 13.8. The molecule has 1 aromatic heterocycles. The number of carboxylic acids is 1. The first-order chi connectivity index (χ1) is 9.81. The lowest BCUT2D eigenvalue weighted by Crippen LogP contribution is -2.40. The average molecular weight is 332 g/mol. The van der Waals surface area contributed by atoms with Crippen molar-refractivity contribution in [2.45, 2.75) is 37.6 Å². The molecule has 2 heterocycles. The minimum Gasteiger partial charge on any atom is -0.477 e. The van der Waals surface area contributed by atoms with Crippen LogP contribution in [0.3, 0.4) is 0 Å². The van der Waals surface area contributed by atoms with E-state index in [0.717, 1.165) is 37.3 Å². The van der Waals surface area contributed by atoms with Crippen molar-refractivity contribution < 1.29 is 18.3 Å².